The van der Waals surface area contributed by atoms with Crippen LogP contribution in [0.4, 0.5) is 0 Å². The van der Waals surface area contributed by atoms with Crippen molar-refractivity contribution in [2.45, 2.75) is 50.0 Å². The summed E-state index contributed by atoms with van der Waals surface area (Å²) < 4.78 is 33.4. The molecule has 0 saturated heterocycles. The van der Waals surface area contributed by atoms with E-state index in [1.165, 1.54) is 24.0 Å². The maximum atomic E-state index is 12.7. The van der Waals surface area contributed by atoms with Crippen LogP contribution in [0.2, 0.25) is 0 Å². The molecule has 134 valence electrons. The first-order valence-electron chi connectivity index (χ1n) is 8.81. The van der Waals surface area contributed by atoms with E-state index in [4.69, 9.17) is 4.74 Å². The number of hydrogen-bond donors (Lipinski definition) is 1. The summed E-state index contributed by atoms with van der Waals surface area (Å²) in [6.45, 7) is 2.00. The molecule has 0 heterocycles. The Morgan fingerprint density at radius 3 is 2.36 bits per heavy atom. The standard InChI is InChI=1S/C20H25NO3S/c1-3-20(17-9-8-15-6-4-5-7-16(15)14-17)21-25(22,23)19-12-10-18(24-2)11-13-19/h8-14,20-21H,3-7H2,1-2H3/t20-/m0/s1. The van der Waals surface area contributed by atoms with Crippen molar-refractivity contribution in [1.29, 1.82) is 0 Å². The Labute approximate surface area is 150 Å². The third-order valence-corrected chi connectivity index (χ3v) is 6.34. The molecule has 0 spiro atoms. The molecule has 0 aromatic heterocycles. The molecule has 0 bridgehead atoms. The number of benzene rings is 2. The molecule has 3 rings (SSSR count). The van der Waals surface area contributed by atoms with Crippen LogP contribution in [0, 0.1) is 0 Å². The molecule has 5 heteroatoms. The van der Waals surface area contributed by atoms with Gasteiger partial charge in [-0.3, -0.25) is 0 Å². The van der Waals surface area contributed by atoms with Crippen LogP contribution in [-0.2, 0) is 22.9 Å². The van der Waals surface area contributed by atoms with Gasteiger partial charge in [0.2, 0.25) is 10.0 Å². The molecule has 0 saturated carbocycles. The molecule has 2 aromatic rings. The lowest BCUT2D eigenvalue weighted by Crippen LogP contribution is -2.28. The van der Waals surface area contributed by atoms with Crippen LogP contribution in [-0.4, -0.2) is 15.5 Å². The first-order valence-corrected chi connectivity index (χ1v) is 10.3. The number of aryl methyl sites for hydroxylation is 2. The van der Waals surface area contributed by atoms with Gasteiger partial charge in [-0.25, -0.2) is 13.1 Å². The third kappa shape index (κ3) is 4.05. The normalized spacial score (nSPS) is 15.4. The summed E-state index contributed by atoms with van der Waals surface area (Å²) in [6.07, 6.45) is 5.38. The van der Waals surface area contributed by atoms with E-state index in [0.29, 0.717) is 12.2 Å². The highest BCUT2D eigenvalue weighted by Gasteiger charge is 2.21. The minimum atomic E-state index is -3.57. The average Bonchev–Trinajstić information content (AvgIpc) is 2.65. The molecular formula is C20H25NO3S. The van der Waals surface area contributed by atoms with E-state index in [1.807, 2.05) is 6.92 Å². The summed E-state index contributed by atoms with van der Waals surface area (Å²) in [5.41, 5.74) is 3.81. The second-order valence-corrected chi connectivity index (χ2v) is 8.21. The summed E-state index contributed by atoms with van der Waals surface area (Å²) in [7, 11) is -2.01. The molecule has 1 aliphatic carbocycles. The molecule has 1 atom stereocenters. The van der Waals surface area contributed by atoms with Gasteiger partial charge in [-0.2, -0.15) is 0 Å². The van der Waals surface area contributed by atoms with E-state index in [9.17, 15) is 8.42 Å². The topological polar surface area (TPSA) is 55.4 Å². The van der Waals surface area contributed by atoms with Crippen molar-refractivity contribution in [2.24, 2.45) is 0 Å². The summed E-state index contributed by atoms with van der Waals surface area (Å²) >= 11 is 0. The van der Waals surface area contributed by atoms with Crippen LogP contribution in [0.1, 0.15) is 48.9 Å². The van der Waals surface area contributed by atoms with Crippen molar-refractivity contribution in [3.63, 3.8) is 0 Å². The molecular weight excluding hydrogens is 334 g/mol. The Balaban J connectivity index is 1.83. The summed E-state index contributed by atoms with van der Waals surface area (Å²) in [5, 5.41) is 0. The first kappa shape index (κ1) is 18.0. The minimum absolute atomic E-state index is 0.223. The molecule has 1 aliphatic rings. The van der Waals surface area contributed by atoms with Gasteiger partial charge in [-0.1, -0.05) is 25.1 Å². The maximum Gasteiger partial charge on any atom is 0.241 e. The van der Waals surface area contributed by atoms with Gasteiger partial charge in [0.25, 0.3) is 0 Å². The lowest BCUT2D eigenvalue weighted by molar-refractivity contribution is 0.414. The summed E-state index contributed by atoms with van der Waals surface area (Å²) in [5.74, 6) is 0.640. The SMILES string of the molecule is CC[C@H](NS(=O)(=O)c1ccc(OC)cc1)c1ccc2c(c1)CCCC2. The van der Waals surface area contributed by atoms with E-state index in [2.05, 4.69) is 22.9 Å². The predicted molar refractivity (Wildman–Crippen MR) is 99.4 cm³/mol. The van der Waals surface area contributed by atoms with E-state index in [0.717, 1.165) is 18.4 Å². The summed E-state index contributed by atoms with van der Waals surface area (Å²) in [6, 6.07) is 12.6. The van der Waals surface area contributed by atoms with Crippen LogP contribution in [0.15, 0.2) is 47.4 Å². The van der Waals surface area contributed by atoms with Gasteiger partial charge in [0.15, 0.2) is 0 Å². The van der Waals surface area contributed by atoms with Crippen molar-refractivity contribution >= 4 is 10.0 Å². The number of ether oxygens (including phenoxy) is 1. The maximum absolute atomic E-state index is 12.7. The van der Waals surface area contributed by atoms with E-state index in [1.54, 1.807) is 31.4 Å². The average molecular weight is 359 g/mol. The van der Waals surface area contributed by atoms with Crippen LogP contribution >= 0.6 is 0 Å². The monoisotopic (exact) mass is 359 g/mol. The van der Waals surface area contributed by atoms with Crippen LogP contribution in [0.25, 0.3) is 0 Å². The Morgan fingerprint density at radius 2 is 1.72 bits per heavy atom. The van der Waals surface area contributed by atoms with Crippen LogP contribution < -0.4 is 9.46 Å². The van der Waals surface area contributed by atoms with Crippen LogP contribution in [0.3, 0.4) is 0 Å². The molecule has 1 N–H and O–H groups in total. The molecule has 0 unspecified atom stereocenters. The molecule has 4 nitrogen and oxygen atoms in total. The van der Waals surface area contributed by atoms with Crippen molar-refractivity contribution in [1.82, 2.24) is 4.72 Å². The molecule has 2 aromatic carbocycles. The highest BCUT2D eigenvalue weighted by atomic mass is 32.2. The fourth-order valence-electron chi connectivity index (χ4n) is 3.37. The van der Waals surface area contributed by atoms with Crippen molar-refractivity contribution < 1.29 is 13.2 Å². The molecule has 0 fully saturated rings. The van der Waals surface area contributed by atoms with Gasteiger partial charge >= 0.3 is 0 Å². The van der Waals surface area contributed by atoms with Gasteiger partial charge in [-0.15, -0.1) is 0 Å². The first-order chi connectivity index (χ1) is 12.0. The molecule has 0 aliphatic heterocycles. The minimum Gasteiger partial charge on any atom is -0.497 e. The van der Waals surface area contributed by atoms with E-state index < -0.39 is 10.0 Å². The van der Waals surface area contributed by atoms with Crippen molar-refractivity contribution in [3.05, 3.63) is 59.2 Å². The lowest BCUT2D eigenvalue weighted by Gasteiger charge is -2.21. The summed E-state index contributed by atoms with van der Waals surface area (Å²) in [4.78, 5) is 0.254. The zero-order chi connectivity index (χ0) is 17.9. The quantitative estimate of drug-likeness (QED) is 0.848. The number of sulfonamides is 1. The largest absolute Gasteiger partial charge is 0.497 e. The van der Waals surface area contributed by atoms with Gasteiger partial charge in [0.1, 0.15) is 5.75 Å². The second-order valence-electron chi connectivity index (χ2n) is 6.49. The van der Waals surface area contributed by atoms with Gasteiger partial charge in [-0.05, 0) is 73.1 Å². The van der Waals surface area contributed by atoms with Gasteiger partial charge < -0.3 is 4.74 Å². The highest BCUT2D eigenvalue weighted by Crippen LogP contribution is 2.27. The lowest BCUT2D eigenvalue weighted by atomic mass is 9.89. The zero-order valence-electron chi connectivity index (χ0n) is 14.8. The fraction of sp³-hybridized carbons (Fsp3) is 0.400. The molecule has 0 radical (unpaired) electrons. The van der Waals surface area contributed by atoms with Crippen molar-refractivity contribution in [3.8, 4) is 5.75 Å². The smallest absolute Gasteiger partial charge is 0.241 e. The number of fused-ring (bicyclic) bond motifs is 1. The molecule has 0 amide bonds. The zero-order valence-corrected chi connectivity index (χ0v) is 15.6. The van der Waals surface area contributed by atoms with Crippen molar-refractivity contribution in [2.75, 3.05) is 7.11 Å². The van der Waals surface area contributed by atoms with Gasteiger partial charge in [0.05, 0.1) is 12.0 Å². The Morgan fingerprint density at radius 1 is 1.04 bits per heavy atom. The Bertz CT molecular complexity index is 829. The Kier molecular flexibility index (Phi) is 5.45. The van der Waals surface area contributed by atoms with Gasteiger partial charge in [0, 0.05) is 6.04 Å². The highest BCUT2D eigenvalue weighted by molar-refractivity contribution is 7.89. The predicted octanol–water partition coefficient (Wildman–Crippen LogP) is 4.00. The van der Waals surface area contributed by atoms with E-state index >= 15 is 0 Å². The molecule has 25 heavy (non-hydrogen) atoms. The number of rotatable bonds is 6. The second kappa shape index (κ2) is 7.58. The fourth-order valence-corrected chi connectivity index (χ4v) is 4.68. The number of nitrogens with one attached hydrogen (secondary N) is 1. The number of methoxy groups -OCH3 is 1. The van der Waals surface area contributed by atoms with E-state index in [-0.39, 0.29) is 10.9 Å². The number of hydrogen-bond acceptors (Lipinski definition) is 3. The Hall–Kier alpha value is -1.85. The van der Waals surface area contributed by atoms with Crippen LogP contribution in [0.5, 0.6) is 5.75 Å². The third-order valence-electron chi connectivity index (χ3n) is 4.85.